The van der Waals surface area contributed by atoms with Crippen molar-refractivity contribution in [3.63, 3.8) is 0 Å². The van der Waals surface area contributed by atoms with Gasteiger partial charge in [-0.15, -0.1) is 0 Å². The summed E-state index contributed by atoms with van der Waals surface area (Å²) in [5.41, 5.74) is 0.900. The number of hydrogen-bond donors (Lipinski definition) is 1. The Morgan fingerprint density at radius 2 is 2.29 bits per heavy atom. The molecule has 6 nitrogen and oxygen atoms in total. The van der Waals surface area contributed by atoms with Crippen molar-refractivity contribution in [2.75, 3.05) is 13.7 Å². The number of amides is 2. The molecule has 112 valence electrons. The number of cyclic esters (lactones) is 1. The van der Waals surface area contributed by atoms with Crippen molar-refractivity contribution < 1.29 is 19.1 Å². The van der Waals surface area contributed by atoms with E-state index in [1.807, 2.05) is 24.3 Å². The Bertz CT molecular complexity index is 556. The van der Waals surface area contributed by atoms with Gasteiger partial charge in [0.1, 0.15) is 18.4 Å². The van der Waals surface area contributed by atoms with Crippen LogP contribution in [0, 0.1) is 0 Å². The minimum absolute atomic E-state index is 0.112. The summed E-state index contributed by atoms with van der Waals surface area (Å²) in [7, 11) is 1.59. The second kappa shape index (κ2) is 5.63. The van der Waals surface area contributed by atoms with Crippen LogP contribution in [0.5, 0.6) is 5.75 Å². The molecule has 3 rings (SSSR count). The number of nitrogens with zero attached hydrogens (tertiary/aromatic N) is 1. The molecule has 0 radical (unpaired) electrons. The van der Waals surface area contributed by atoms with Crippen LogP contribution in [0.1, 0.15) is 18.4 Å². The Morgan fingerprint density at radius 3 is 3.00 bits per heavy atom. The highest BCUT2D eigenvalue weighted by Gasteiger charge is 2.39. The van der Waals surface area contributed by atoms with Crippen LogP contribution in [0.4, 0.5) is 4.79 Å². The Hall–Kier alpha value is -2.24. The van der Waals surface area contributed by atoms with Crippen LogP contribution < -0.4 is 10.1 Å². The molecule has 6 heteroatoms. The molecule has 1 aliphatic carbocycles. The molecule has 0 unspecified atom stereocenters. The summed E-state index contributed by atoms with van der Waals surface area (Å²) < 4.78 is 10.2. The van der Waals surface area contributed by atoms with Crippen LogP contribution in [-0.2, 0) is 16.1 Å². The maximum atomic E-state index is 12.2. The SMILES string of the molecule is COc1cccc(CN2C(=O)OC[C@H]2C(=O)NC2CC2)c1. The monoisotopic (exact) mass is 290 g/mol. The van der Waals surface area contributed by atoms with Crippen LogP contribution >= 0.6 is 0 Å². The molecule has 2 aliphatic rings. The fraction of sp³-hybridized carbons (Fsp3) is 0.467. The lowest BCUT2D eigenvalue weighted by molar-refractivity contribution is -0.125. The fourth-order valence-corrected chi connectivity index (χ4v) is 2.33. The van der Waals surface area contributed by atoms with E-state index in [2.05, 4.69) is 5.32 Å². The Morgan fingerprint density at radius 1 is 1.48 bits per heavy atom. The van der Waals surface area contributed by atoms with Crippen molar-refractivity contribution >= 4 is 12.0 Å². The van der Waals surface area contributed by atoms with Gasteiger partial charge in [-0.05, 0) is 30.5 Å². The van der Waals surface area contributed by atoms with Crippen LogP contribution in [0.15, 0.2) is 24.3 Å². The van der Waals surface area contributed by atoms with E-state index < -0.39 is 12.1 Å². The molecule has 0 bridgehead atoms. The average molecular weight is 290 g/mol. The smallest absolute Gasteiger partial charge is 0.410 e. The van der Waals surface area contributed by atoms with E-state index in [-0.39, 0.29) is 18.6 Å². The normalized spacial score (nSPS) is 21.1. The van der Waals surface area contributed by atoms with Crippen molar-refractivity contribution in [3.8, 4) is 5.75 Å². The van der Waals surface area contributed by atoms with E-state index in [1.165, 1.54) is 4.90 Å². The molecule has 1 saturated heterocycles. The topological polar surface area (TPSA) is 67.9 Å². The van der Waals surface area contributed by atoms with Crippen LogP contribution in [0.3, 0.4) is 0 Å². The number of rotatable bonds is 5. The van der Waals surface area contributed by atoms with Crippen molar-refractivity contribution in [1.29, 1.82) is 0 Å². The van der Waals surface area contributed by atoms with Crippen LogP contribution in [-0.4, -0.2) is 42.7 Å². The van der Waals surface area contributed by atoms with Crippen molar-refractivity contribution in [2.45, 2.75) is 31.5 Å². The molecule has 1 saturated carbocycles. The number of benzene rings is 1. The summed E-state index contributed by atoms with van der Waals surface area (Å²) >= 11 is 0. The van der Waals surface area contributed by atoms with Gasteiger partial charge in [-0.25, -0.2) is 4.79 Å². The standard InChI is InChI=1S/C15H18N2O4/c1-20-12-4-2-3-10(7-12)8-17-13(9-21-15(17)19)14(18)16-11-5-6-11/h2-4,7,11,13H,5-6,8-9H2,1H3,(H,16,18)/t13-/m0/s1. The summed E-state index contributed by atoms with van der Waals surface area (Å²) in [6.07, 6.45) is 1.58. The van der Waals surface area contributed by atoms with E-state index in [4.69, 9.17) is 9.47 Å². The van der Waals surface area contributed by atoms with Crippen molar-refractivity contribution in [2.24, 2.45) is 0 Å². The molecule has 1 aromatic rings. The Kier molecular flexibility index (Phi) is 3.68. The van der Waals surface area contributed by atoms with Crippen LogP contribution in [0.2, 0.25) is 0 Å². The lowest BCUT2D eigenvalue weighted by atomic mass is 10.1. The maximum Gasteiger partial charge on any atom is 0.410 e. The number of nitrogens with one attached hydrogen (secondary N) is 1. The summed E-state index contributed by atoms with van der Waals surface area (Å²) in [6, 6.07) is 7.15. The molecule has 1 heterocycles. The van der Waals surface area contributed by atoms with Gasteiger partial charge in [-0.1, -0.05) is 12.1 Å². The van der Waals surface area contributed by atoms with E-state index in [0.29, 0.717) is 6.54 Å². The molecule has 2 amide bonds. The van der Waals surface area contributed by atoms with Gasteiger partial charge in [-0.2, -0.15) is 0 Å². The zero-order chi connectivity index (χ0) is 14.8. The molecule has 2 fully saturated rings. The lowest BCUT2D eigenvalue weighted by Crippen LogP contribution is -2.46. The fourth-order valence-electron chi connectivity index (χ4n) is 2.33. The molecular formula is C15H18N2O4. The minimum atomic E-state index is -0.552. The van der Waals surface area contributed by atoms with Crippen molar-refractivity contribution in [1.82, 2.24) is 10.2 Å². The molecule has 0 aromatic heterocycles. The minimum Gasteiger partial charge on any atom is -0.497 e. The van der Waals surface area contributed by atoms with Gasteiger partial charge in [0.25, 0.3) is 0 Å². The highest BCUT2D eigenvalue weighted by molar-refractivity contribution is 5.88. The lowest BCUT2D eigenvalue weighted by Gasteiger charge is -2.21. The third-order valence-corrected chi connectivity index (χ3v) is 3.69. The summed E-state index contributed by atoms with van der Waals surface area (Å²) in [5, 5.41) is 2.92. The van der Waals surface area contributed by atoms with Gasteiger partial charge in [-0.3, -0.25) is 9.69 Å². The second-order valence-corrected chi connectivity index (χ2v) is 5.36. The quantitative estimate of drug-likeness (QED) is 0.887. The van der Waals surface area contributed by atoms with Gasteiger partial charge in [0, 0.05) is 6.04 Å². The maximum absolute atomic E-state index is 12.2. The number of carbonyl (C=O) groups excluding carboxylic acids is 2. The summed E-state index contributed by atoms with van der Waals surface area (Å²) in [4.78, 5) is 25.5. The zero-order valence-corrected chi connectivity index (χ0v) is 11.9. The molecule has 1 N–H and O–H groups in total. The molecule has 0 spiro atoms. The highest BCUT2D eigenvalue weighted by atomic mass is 16.6. The van der Waals surface area contributed by atoms with Crippen LogP contribution in [0.25, 0.3) is 0 Å². The number of hydrogen-bond acceptors (Lipinski definition) is 4. The second-order valence-electron chi connectivity index (χ2n) is 5.36. The van der Waals surface area contributed by atoms with E-state index >= 15 is 0 Å². The largest absolute Gasteiger partial charge is 0.497 e. The summed E-state index contributed by atoms with van der Waals surface area (Å²) in [6.45, 7) is 0.445. The van der Waals surface area contributed by atoms with Gasteiger partial charge >= 0.3 is 6.09 Å². The first-order chi connectivity index (χ1) is 10.2. The van der Waals surface area contributed by atoms with E-state index in [0.717, 1.165) is 24.2 Å². The first kappa shape index (κ1) is 13.7. The molecule has 1 aromatic carbocycles. The third kappa shape index (κ3) is 3.09. The average Bonchev–Trinajstić information content (AvgIpc) is 3.23. The number of ether oxygens (including phenoxy) is 2. The molecule has 1 atom stereocenters. The molecule has 21 heavy (non-hydrogen) atoms. The number of carbonyl (C=O) groups is 2. The molecular weight excluding hydrogens is 272 g/mol. The first-order valence-electron chi connectivity index (χ1n) is 7.04. The van der Waals surface area contributed by atoms with Gasteiger partial charge < -0.3 is 14.8 Å². The Labute approximate surface area is 123 Å². The zero-order valence-electron chi connectivity index (χ0n) is 11.9. The van der Waals surface area contributed by atoms with Gasteiger partial charge in [0.2, 0.25) is 5.91 Å². The van der Waals surface area contributed by atoms with E-state index in [1.54, 1.807) is 7.11 Å². The predicted octanol–water partition coefficient (Wildman–Crippen LogP) is 1.29. The van der Waals surface area contributed by atoms with E-state index in [9.17, 15) is 9.59 Å². The third-order valence-electron chi connectivity index (χ3n) is 3.69. The van der Waals surface area contributed by atoms with Gasteiger partial charge in [0.15, 0.2) is 0 Å². The molecule has 1 aliphatic heterocycles. The Balaban J connectivity index is 1.70. The number of methoxy groups -OCH3 is 1. The van der Waals surface area contributed by atoms with Crippen molar-refractivity contribution in [3.05, 3.63) is 29.8 Å². The van der Waals surface area contributed by atoms with Gasteiger partial charge in [0.05, 0.1) is 13.7 Å². The highest BCUT2D eigenvalue weighted by Crippen LogP contribution is 2.22. The summed E-state index contributed by atoms with van der Waals surface area (Å²) in [5.74, 6) is 0.588. The predicted molar refractivity (Wildman–Crippen MR) is 74.8 cm³/mol. The first-order valence-corrected chi connectivity index (χ1v) is 7.04.